The fraction of sp³-hybridized carbons (Fsp3) is 0.464. The molecular weight excluding hydrogens is 529 g/mol. The first kappa shape index (κ1) is 28.7. The van der Waals surface area contributed by atoms with Crippen molar-refractivity contribution in [3.05, 3.63) is 88.9 Å². The lowest BCUT2D eigenvalue weighted by atomic mass is 9.82. The number of oxazole rings is 1. The van der Waals surface area contributed by atoms with Crippen LogP contribution in [0.4, 0.5) is 4.39 Å². The Bertz CT molecular complexity index is 1330. The lowest BCUT2D eigenvalue weighted by Crippen LogP contribution is -2.53. The molecule has 2 aromatic carbocycles. The van der Waals surface area contributed by atoms with Gasteiger partial charge in [-0.05, 0) is 48.9 Å². The third-order valence-electron chi connectivity index (χ3n) is 7.82. The average Bonchev–Trinajstić information content (AvgIpc) is 3.32. The van der Waals surface area contributed by atoms with Gasteiger partial charge in [0.05, 0.1) is 16.2 Å². The standard InChI is InChI=1S/C28H34FN3O4S.ClH/c1-19-26(37(33,34)27(17-30-19)21-6-4-3-5-7-21)14-22-8-9-23(15-25(22)29)28(10-12-35-13-11-28)31-16-24-18-36-20(2)32-24;/h3-9,15,18-19,26-27,30-31H,10-14,16-17H2,1-2H3;1H/t19-,26?,27-;/m0./s1. The maximum Gasteiger partial charge on any atom is 0.191 e. The smallest absolute Gasteiger partial charge is 0.191 e. The third kappa shape index (κ3) is 5.82. The van der Waals surface area contributed by atoms with Crippen molar-refractivity contribution in [3.63, 3.8) is 0 Å². The Hall–Kier alpha value is -2.30. The largest absolute Gasteiger partial charge is 0.449 e. The van der Waals surface area contributed by atoms with E-state index in [0.29, 0.717) is 50.6 Å². The van der Waals surface area contributed by atoms with Gasteiger partial charge in [-0.3, -0.25) is 0 Å². The van der Waals surface area contributed by atoms with Crippen LogP contribution in [0.15, 0.2) is 59.2 Å². The average molecular weight is 564 g/mol. The van der Waals surface area contributed by atoms with Crippen molar-refractivity contribution < 1.29 is 22.0 Å². The van der Waals surface area contributed by atoms with Crippen LogP contribution >= 0.6 is 12.4 Å². The Balaban J connectivity index is 0.00000336. The van der Waals surface area contributed by atoms with E-state index in [2.05, 4.69) is 15.6 Å². The topological polar surface area (TPSA) is 93.5 Å². The zero-order valence-electron chi connectivity index (χ0n) is 21.7. The number of sulfone groups is 1. The molecule has 0 amide bonds. The normalized spacial score (nSPS) is 24.4. The summed E-state index contributed by atoms with van der Waals surface area (Å²) in [5.74, 6) is 0.218. The predicted molar refractivity (Wildman–Crippen MR) is 147 cm³/mol. The molecule has 0 saturated carbocycles. The van der Waals surface area contributed by atoms with Crippen LogP contribution in [0.1, 0.15) is 53.3 Å². The molecule has 0 aliphatic carbocycles. The summed E-state index contributed by atoms with van der Waals surface area (Å²) in [4.78, 5) is 4.37. The Morgan fingerprint density at radius 3 is 2.55 bits per heavy atom. The minimum Gasteiger partial charge on any atom is -0.449 e. The summed E-state index contributed by atoms with van der Waals surface area (Å²) in [5.41, 5.74) is 2.33. The quantitative estimate of drug-likeness (QED) is 0.440. The van der Waals surface area contributed by atoms with Crippen molar-refractivity contribution in [2.45, 2.75) is 61.7 Å². The molecule has 2 aliphatic heterocycles. The fourth-order valence-electron chi connectivity index (χ4n) is 5.57. The zero-order valence-corrected chi connectivity index (χ0v) is 23.3. The minimum absolute atomic E-state index is 0. The van der Waals surface area contributed by atoms with E-state index in [0.717, 1.165) is 16.8 Å². The van der Waals surface area contributed by atoms with Crippen molar-refractivity contribution in [1.29, 1.82) is 0 Å². The van der Waals surface area contributed by atoms with E-state index < -0.39 is 25.9 Å². The summed E-state index contributed by atoms with van der Waals surface area (Å²) in [6.45, 7) is 5.64. The number of ether oxygens (including phenoxy) is 1. The first-order chi connectivity index (χ1) is 17.8. The van der Waals surface area contributed by atoms with Gasteiger partial charge < -0.3 is 19.8 Å². The lowest BCUT2D eigenvalue weighted by Gasteiger charge is -2.39. The molecule has 2 saturated heterocycles. The highest BCUT2D eigenvalue weighted by atomic mass is 35.5. The number of hydrogen-bond acceptors (Lipinski definition) is 7. The molecule has 5 rings (SSSR count). The van der Waals surface area contributed by atoms with Crippen LogP contribution in [0.25, 0.3) is 0 Å². The second-order valence-corrected chi connectivity index (χ2v) is 12.5. The molecule has 0 radical (unpaired) electrons. The number of aryl methyl sites for hydroxylation is 1. The SMILES string of the molecule is Cc1nc(CNC2(c3ccc(CC4[C@H](C)NC[C@@H](c5ccccc5)S4(=O)=O)c(F)c3)CCOCC2)co1.Cl. The van der Waals surface area contributed by atoms with Crippen LogP contribution in [-0.2, 0) is 33.1 Å². The number of halogens is 2. The summed E-state index contributed by atoms with van der Waals surface area (Å²) >= 11 is 0. The van der Waals surface area contributed by atoms with E-state index in [4.69, 9.17) is 9.15 Å². The molecule has 0 spiro atoms. The van der Waals surface area contributed by atoms with Crippen molar-refractivity contribution >= 4 is 22.2 Å². The van der Waals surface area contributed by atoms with Gasteiger partial charge in [-0.25, -0.2) is 17.8 Å². The Morgan fingerprint density at radius 2 is 1.89 bits per heavy atom. The molecule has 0 bridgehead atoms. The highest BCUT2D eigenvalue weighted by molar-refractivity contribution is 7.92. The Morgan fingerprint density at radius 1 is 1.16 bits per heavy atom. The fourth-order valence-corrected chi connectivity index (χ4v) is 7.93. The van der Waals surface area contributed by atoms with E-state index in [1.165, 1.54) is 0 Å². The van der Waals surface area contributed by atoms with Crippen LogP contribution in [0.5, 0.6) is 0 Å². The summed E-state index contributed by atoms with van der Waals surface area (Å²) < 4.78 is 53.8. The highest BCUT2D eigenvalue weighted by Gasteiger charge is 2.43. The summed E-state index contributed by atoms with van der Waals surface area (Å²) in [5, 5.41) is 5.55. The summed E-state index contributed by atoms with van der Waals surface area (Å²) in [6, 6.07) is 14.2. The number of hydrogen-bond donors (Lipinski definition) is 2. The molecule has 1 unspecified atom stereocenters. The zero-order chi connectivity index (χ0) is 26.0. The van der Waals surface area contributed by atoms with Gasteiger partial charge in [0.1, 0.15) is 12.1 Å². The Kier molecular flexibility index (Phi) is 8.94. The second kappa shape index (κ2) is 11.8. The second-order valence-electron chi connectivity index (χ2n) is 10.1. The number of nitrogens with one attached hydrogen (secondary N) is 2. The molecule has 3 aromatic rings. The van der Waals surface area contributed by atoms with Gasteiger partial charge >= 0.3 is 0 Å². The van der Waals surface area contributed by atoms with Crippen molar-refractivity contribution in [1.82, 2.24) is 15.6 Å². The van der Waals surface area contributed by atoms with Gasteiger partial charge in [0.15, 0.2) is 15.7 Å². The van der Waals surface area contributed by atoms with Gasteiger partial charge in [-0.2, -0.15) is 0 Å². The number of nitrogens with zero attached hydrogens (tertiary/aromatic N) is 1. The van der Waals surface area contributed by atoms with Crippen molar-refractivity contribution in [2.24, 2.45) is 0 Å². The van der Waals surface area contributed by atoms with Gasteiger partial charge in [0, 0.05) is 44.8 Å². The highest BCUT2D eigenvalue weighted by Crippen LogP contribution is 2.36. The first-order valence-corrected chi connectivity index (χ1v) is 14.4. The molecule has 1 aromatic heterocycles. The molecular formula is C28H35ClFN3O4S. The molecule has 3 atom stereocenters. The van der Waals surface area contributed by atoms with Gasteiger partial charge in [0.2, 0.25) is 0 Å². The minimum atomic E-state index is -3.54. The van der Waals surface area contributed by atoms with Gasteiger partial charge in [-0.1, -0.05) is 42.5 Å². The van der Waals surface area contributed by atoms with E-state index >= 15 is 4.39 Å². The van der Waals surface area contributed by atoms with Gasteiger partial charge in [-0.15, -0.1) is 12.4 Å². The summed E-state index contributed by atoms with van der Waals surface area (Å²) in [6.07, 6.45) is 3.13. The number of rotatable bonds is 7. The molecule has 10 heteroatoms. The van der Waals surface area contributed by atoms with E-state index in [1.807, 2.05) is 43.3 Å². The number of benzene rings is 2. The van der Waals surface area contributed by atoms with Crippen molar-refractivity contribution in [3.8, 4) is 0 Å². The first-order valence-electron chi connectivity index (χ1n) is 12.8. The van der Waals surface area contributed by atoms with Crippen LogP contribution < -0.4 is 10.6 Å². The van der Waals surface area contributed by atoms with Crippen LogP contribution in [0.3, 0.4) is 0 Å². The lowest BCUT2D eigenvalue weighted by molar-refractivity contribution is 0.0355. The third-order valence-corrected chi connectivity index (χ3v) is 10.5. The Labute approximate surface area is 229 Å². The molecule has 38 heavy (non-hydrogen) atoms. The maximum absolute atomic E-state index is 15.6. The molecule has 2 aliphatic rings. The molecule has 2 N–H and O–H groups in total. The predicted octanol–water partition coefficient (Wildman–Crippen LogP) is 4.40. The van der Waals surface area contributed by atoms with E-state index in [1.54, 1.807) is 25.3 Å². The van der Waals surface area contributed by atoms with E-state index in [9.17, 15) is 8.42 Å². The van der Waals surface area contributed by atoms with Crippen LogP contribution in [-0.4, -0.2) is 44.5 Å². The molecule has 3 heterocycles. The van der Waals surface area contributed by atoms with Crippen molar-refractivity contribution in [2.75, 3.05) is 19.8 Å². The maximum atomic E-state index is 15.6. The van der Waals surface area contributed by atoms with Gasteiger partial charge in [0.25, 0.3) is 0 Å². The molecule has 2 fully saturated rings. The van der Waals surface area contributed by atoms with Crippen LogP contribution in [0, 0.1) is 12.7 Å². The molecule has 7 nitrogen and oxygen atoms in total. The van der Waals surface area contributed by atoms with E-state index in [-0.39, 0.29) is 30.7 Å². The van der Waals surface area contributed by atoms with Crippen LogP contribution in [0.2, 0.25) is 0 Å². The monoisotopic (exact) mass is 563 g/mol. The number of aromatic nitrogens is 1. The molecule has 206 valence electrons. The summed E-state index contributed by atoms with van der Waals surface area (Å²) in [7, 11) is -3.54.